The van der Waals surface area contributed by atoms with Crippen LogP contribution in [-0.4, -0.2) is 74.7 Å². The number of aliphatic hydroxyl groups excluding tert-OH is 1. The van der Waals surface area contributed by atoms with E-state index in [9.17, 15) is 5.11 Å². The molecule has 4 aromatic rings. The maximum absolute atomic E-state index is 10.5. The predicted molar refractivity (Wildman–Crippen MR) is 136 cm³/mol. The van der Waals surface area contributed by atoms with Crippen LogP contribution in [0, 0.1) is 6.92 Å². The van der Waals surface area contributed by atoms with Gasteiger partial charge in [0.2, 0.25) is 0 Å². The molecule has 0 saturated carbocycles. The summed E-state index contributed by atoms with van der Waals surface area (Å²) in [7, 11) is 0. The summed E-state index contributed by atoms with van der Waals surface area (Å²) in [5.41, 5.74) is 3.28. The standard InChI is InChI=1S/C26H31N5O2S/c1-19(32)26(33-23-8-9-25-24(16-23)28-20(2)34-25)30-13-10-29(11-14-30)12-15-31-18-22(17-27-31)21-6-4-3-5-7-21/h3-9,16-19,26,32H,10-15H2,1-2H3/t19-,26?/m1/s1. The zero-order valence-electron chi connectivity index (χ0n) is 19.7. The molecule has 5 rings (SSSR count). The van der Waals surface area contributed by atoms with Crippen molar-refractivity contribution in [3.8, 4) is 16.9 Å². The van der Waals surface area contributed by atoms with E-state index >= 15 is 0 Å². The van der Waals surface area contributed by atoms with Gasteiger partial charge in [0.05, 0.1) is 28.0 Å². The van der Waals surface area contributed by atoms with E-state index in [0.717, 1.165) is 65.8 Å². The average Bonchev–Trinajstić information content (AvgIpc) is 3.47. The number of aliphatic hydroxyl groups is 1. The molecule has 0 radical (unpaired) electrons. The molecule has 1 unspecified atom stereocenters. The molecule has 2 aromatic carbocycles. The number of aryl methyl sites for hydroxylation is 1. The summed E-state index contributed by atoms with van der Waals surface area (Å²) in [5, 5.41) is 16.0. The largest absolute Gasteiger partial charge is 0.472 e. The normalized spacial score (nSPS) is 17.1. The third-order valence-electron chi connectivity index (χ3n) is 6.29. The van der Waals surface area contributed by atoms with E-state index in [-0.39, 0.29) is 6.23 Å². The number of fused-ring (bicyclic) bond motifs is 1. The highest BCUT2D eigenvalue weighted by Crippen LogP contribution is 2.27. The van der Waals surface area contributed by atoms with Crippen molar-refractivity contribution in [1.29, 1.82) is 0 Å². The number of aromatic nitrogens is 3. The molecule has 1 aliphatic heterocycles. The van der Waals surface area contributed by atoms with Crippen LogP contribution in [0.4, 0.5) is 0 Å². The number of piperazine rings is 1. The Bertz CT molecular complexity index is 1210. The fourth-order valence-corrected chi connectivity index (χ4v) is 5.27. The zero-order valence-corrected chi connectivity index (χ0v) is 20.5. The lowest BCUT2D eigenvalue weighted by Crippen LogP contribution is -2.55. The lowest BCUT2D eigenvalue weighted by Gasteiger charge is -2.40. The molecule has 34 heavy (non-hydrogen) atoms. The minimum Gasteiger partial charge on any atom is -0.472 e. The molecular weight excluding hydrogens is 446 g/mol. The molecule has 2 atom stereocenters. The number of nitrogens with zero attached hydrogens (tertiary/aromatic N) is 5. The van der Waals surface area contributed by atoms with Crippen LogP contribution in [0.25, 0.3) is 21.3 Å². The van der Waals surface area contributed by atoms with Gasteiger partial charge in [-0.2, -0.15) is 5.10 Å². The summed E-state index contributed by atoms with van der Waals surface area (Å²) in [5.74, 6) is 0.749. The highest BCUT2D eigenvalue weighted by molar-refractivity contribution is 7.18. The summed E-state index contributed by atoms with van der Waals surface area (Å²) < 4.78 is 9.42. The van der Waals surface area contributed by atoms with Crippen molar-refractivity contribution in [1.82, 2.24) is 24.6 Å². The van der Waals surface area contributed by atoms with Gasteiger partial charge in [-0.15, -0.1) is 11.3 Å². The summed E-state index contributed by atoms with van der Waals surface area (Å²) in [6, 6.07) is 16.3. The molecule has 2 aromatic heterocycles. The molecule has 1 aliphatic rings. The summed E-state index contributed by atoms with van der Waals surface area (Å²) >= 11 is 1.68. The van der Waals surface area contributed by atoms with Crippen molar-refractivity contribution in [3.63, 3.8) is 0 Å². The van der Waals surface area contributed by atoms with E-state index in [1.54, 1.807) is 18.3 Å². The molecule has 0 bridgehead atoms. The summed E-state index contributed by atoms with van der Waals surface area (Å²) in [6.07, 6.45) is 3.07. The van der Waals surface area contributed by atoms with E-state index in [1.807, 2.05) is 42.1 Å². The first-order valence-corrected chi connectivity index (χ1v) is 12.6. The van der Waals surface area contributed by atoms with Crippen molar-refractivity contribution in [3.05, 3.63) is 65.9 Å². The SMILES string of the molecule is Cc1nc2cc(OC([C@@H](C)O)N3CCN(CCn4cc(-c5ccccc5)cn4)CC3)ccc2s1. The third kappa shape index (κ3) is 5.31. The second-order valence-corrected chi connectivity index (χ2v) is 10.1. The number of rotatable bonds is 8. The van der Waals surface area contributed by atoms with Crippen molar-refractivity contribution in [2.75, 3.05) is 32.7 Å². The van der Waals surface area contributed by atoms with Gasteiger partial charge in [0, 0.05) is 50.6 Å². The molecule has 1 N–H and O–H groups in total. The van der Waals surface area contributed by atoms with Gasteiger partial charge < -0.3 is 9.84 Å². The lowest BCUT2D eigenvalue weighted by atomic mass is 10.1. The minimum atomic E-state index is -0.597. The number of benzene rings is 2. The van der Waals surface area contributed by atoms with Gasteiger partial charge in [0.25, 0.3) is 0 Å². The smallest absolute Gasteiger partial charge is 0.178 e. The second kappa shape index (κ2) is 10.2. The van der Waals surface area contributed by atoms with Crippen molar-refractivity contribution in [2.24, 2.45) is 0 Å². The molecule has 0 spiro atoms. The van der Waals surface area contributed by atoms with Crippen molar-refractivity contribution < 1.29 is 9.84 Å². The Morgan fingerprint density at radius 1 is 1.03 bits per heavy atom. The number of thiazole rings is 1. The maximum Gasteiger partial charge on any atom is 0.178 e. The Kier molecular flexibility index (Phi) is 6.92. The highest BCUT2D eigenvalue weighted by Gasteiger charge is 2.28. The Hall–Kier alpha value is -2.78. The van der Waals surface area contributed by atoms with Crippen LogP contribution < -0.4 is 4.74 Å². The van der Waals surface area contributed by atoms with Gasteiger partial charge in [-0.3, -0.25) is 14.5 Å². The maximum atomic E-state index is 10.5. The third-order valence-corrected chi connectivity index (χ3v) is 7.24. The fourth-order valence-electron chi connectivity index (χ4n) is 4.46. The number of hydrogen-bond donors (Lipinski definition) is 1. The minimum absolute atomic E-state index is 0.376. The van der Waals surface area contributed by atoms with E-state index in [4.69, 9.17) is 4.74 Å². The topological polar surface area (TPSA) is 66.7 Å². The Morgan fingerprint density at radius 2 is 1.82 bits per heavy atom. The first-order valence-electron chi connectivity index (χ1n) is 11.8. The van der Waals surface area contributed by atoms with E-state index < -0.39 is 6.10 Å². The van der Waals surface area contributed by atoms with Gasteiger partial charge >= 0.3 is 0 Å². The van der Waals surface area contributed by atoms with Crippen LogP contribution in [0.2, 0.25) is 0 Å². The Balaban J connectivity index is 1.14. The van der Waals surface area contributed by atoms with Gasteiger partial charge in [-0.05, 0) is 31.5 Å². The van der Waals surface area contributed by atoms with Crippen LogP contribution in [0.5, 0.6) is 5.75 Å². The van der Waals surface area contributed by atoms with E-state index in [1.165, 1.54) is 5.56 Å². The molecule has 8 heteroatoms. The molecule has 0 aliphatic carbocycles. The fraction of sp³-hybridized carbons (Fsp3) is 0.385. The molecule has 7 nitrogen and oxygen atoms in total. The van der Waals surface area contributed by atoms with Crippen LogP contribution in [0.15, 0.2) is 60.9 Å². The number of ether oxygens (including phenoxy) is 1. The Labute approximate surface area is 204 Å². The van der Waals surface area contributed by atoms with Gasteiger partial charge in [-0.1, -0.05) is 30.3 Å². The van der Waals surface area contributed by atoms with Gasteiger partial charge in [-0.25, -0.2) is 4.98 Å². The van der Waals surface area contributed by atoms with Crippen molar-refractivity contribution in [2.45, 2.75) is 32.7 Å². The Morgan fingerprint density at radius 3 is 2.59 bits per heavy atom. The zero-order chi connectivity index (χ0) is 23.5. The summed E-state index contributed by atoms with van der Waals surface area (Å²) in [4.78, 5) is 9.24. The molecular formula is C26H31N5O2S. The molecule has 3 heterocycles. The second-order valence-electron chi connectivity index (χ2n) is 8.85. The first-order chi connectivity index (χ1) is 16.5. The highest BCUT2D eigenvalue weighted by atomic mass is 32.1. The van der Waals surface area contributed by atoms with Gasteiger partial charge in [0.15, 0.2) is 6.23 Å². The monoisotopic (exact) mass is 477 g/mol. The van der Waals surface area contributed by atoms with E-state index in [0.29, 0.717) is 0 Å². The summed E-state index contributed by atoms with van der Waals surface area (Å²) in [6.45, 7) is 9.18. The first kappa shape index (κ1) is 23.0. The quantitative estimate of drug-likeness (QED) is 0.416. The predicted octanol–water partition coefficient (Wildman–Crippen LogP) is 3.87. The molecule has 1 saturated heterocycles. The number of hydrogen-bond acceptors (Lipinski definition) is 7. The van der Waals surface area contributed by atoms with Crippen LogP contribution in [-0.2, 0) is 6.54 Å². The molecule has 178 valence electrons. The van der Waals surface area contributed by atoms with Crippen LogP contribution in [0.1, 0.15) is 11.9 Å². The average molecular weight is 478 g/mol. The van der Waals surface area contributed by atoms with Gasteiger partial charge in [0.1, 0.15) is 11.9 Å². The van der Waals surface area contributed by atoms with E-state index in [2.05, 4.69) is 50.3 Å². The lowest BCUT2D eigenvalue weighted by molar-refractivity contribution is -0.0746. The molecule has 0 amide bonds. The van der Waals surface area contributed by atoms with Crippen molar-refractivity contribution >= 4 is 21.6 Å². The molecule has 1 fully saturated rings. The van der Waals surface area contributed by atoms with Crippen LogP contribution >= 0.6 is 11.3 Å². The van der Waals surface area contributed by atoms with Crippen LogP contribution in [0.3, 0.4) is 0 Å².